The van der Waals surface area contributed by atoms with Crippen LogP contribution in [-0.4, -0.2) is 32.4 Å². The molecule has 120 valence electrons. The number of phenols is 1. The maximum Gasteiger partial charge on any atom is 0.275 e. The van der Waals surface area contributed by atoms with Crippen LogP contribution in [0.5, 0.6) is 11.5 Å². The molecule has 0 atom stereocenters. The molecule has 0 bridgehead atoms. The smallest absolute Gasteiger partial charge is 0.275 e. The number of nitrogens with one attached hydrogen (secondary N) is 1. The van der Waals surface area contributed by atoms with E-state index in [9.17, 15) is 20.1 Å². The third-order valence-electron chi connectivity index (χ3n) is 3.09. The van der Waals surface area contributed by atoms with Crippen molar-refractivity contribution < 1.29 is 20.1 Å². The van der Waals surface area contributed by atoms with E-state index in [2.05, 4.69) is 15.5 Å². The number of amides is 1. The third-order valence-corrected chi connectivity index (χ3v) is 3.33. The first-order valence-electron chi connectivity index (χ1n) is 6.54. The van der Waals surface area contributed by atoms with Gasteiger partial charge in [0.15, 0.2) is 0 Å². The van der Waals surface area contributed by atoms with E-state index in [0.29, 0.717) is 16.3 Å². The van der Waals surface area contributed by atoms with E-state index in [1.165, 1.54) is 30.6 Å². The van der Waals surface area contributed by atoms with Crippen molar-refractivity contribution in [2.24, 2.45) is 5.10 Å². The number of nitrogens with zero attached hydrogens (tertiary/aromatic N) is 2. The molecule has 0 fully saturated rings. The highest BCUT2D eigenvalue weighted by Gasteiger charge is 2.12. The van der Waals surface area contributed by atoms with Crippen molar-refractivity contribution >= 4 is 23.7 Å². The standard InChI is InChI=1S/C15H14ClN3O4/c1-8-14(22)12(9(7-20)5-17-8)6-18-19-15(23)11-4-10(16)2-3-13(11)21/h2-6,20-22H,7H2,1H3,(H,19,23)/b18-6+. The molecule has 0 saturated carbocycles. The first kappa shape index (κ1) is 16.7. The number of hydrazone groups is 1. The summed E-state index contributed by atoms with van der Waals surface area (Å²) in [6, 6.07) is 4.04. The second-order valence-corrected chi connectivity index (χ2v) is 5.09. The summed E-state index contributed by atoms with van der Waals surface area (Å²) < 4.78 is 0. The fraction of sp³-hybridized carbons (Fsp3) is 0.133. The van der Waals surface area contributed by atoms with Gasteiger partial charge < -0.3 is 15.3 Å². The Labute approximate surface area is 136 Å². The lowest BCUT2D eigenvalue weighted by atomic mass is 10.1. The van der Waals surface area contributed by atoms with Crippen LogP contribution in [0.3, 0.4) is 0 Å². The molecule has 2 rings (SSSR count). The zero-order valence-corrected chi connectivity index (χ0v) is 12.9. The first-order chi connectivity index (χ1) is 10.9. The van der Waals surface area contributed by atoms with E-state index in [0.717, 1.165) is 0 Å². The van der Waals surface area contributed by atoms with Gasteiger partial charge in [-0.15, -0.1) is 0 Å². The monoisotopic (exact) mass is 335 g/mol. The average Bonchev–Trinajstić information content (AvgIpc) is 2.53. The first-order valence-corrected chi connectivity index (χ1v) is 6.92. The van der Waals surface area contributed by atoms with Crippen molar-refractivity contribution in [3.8, 4) is 11.5 Å². The normalized spacial score (nSPS) is 10.9. The number of carbonyl (C=O) groups excluding carboxylic acids is 1. The van der Waals surface area contributed by atoms with Crippen LogP contribution in [0.25, 0.3) is 0 Å². The summed E-state index contributed by atoms with van der Waals surface area (Å²) in [5.41, 5.74) is 3.14. The molecule has 0 unspecified atom stereocenters. The van der Waals surface area contributed by atoms with Gasteiger partial charge in [-0.2, -0.15) is 5.10 Å². The van der Waals surface area contributed by atoms with E-state index in [1.54, 1.807) is 6.92 Å². The third kappa shape index (κ3) is 3.77. The molecule has 8 heteroatoms. The molecular formula is C15H14ClN3O4. The molecule has 0 spiro atoms. The van der Waals surface area contributed by atoms with Gasteiger partial charge >= 0.3 is 0 Å². The van der Waals surface area contributed by atoms with Gasteiger partial charge in [0.05, 0.1) is 24.1 Å². The van der Waals surface area contributed by atoms with Gasteiger partial charge in [-0.3, -0.25) is 9.78 Å². The van der Waals surface area contributed by atoms with E-state index in [-0.39, 0.29) is 29.2 Å². The summed E-state index contributed by atoms with van der Waals surface area (Å²) in [7, 11) is 0. The number of aromatic hydroxyl groups is 2. The number of hydrogen-bond donors (Lipinski definition) is 4. The van der Waals surface area contributed by atoms with E-state index >= 15 is 0 Å². The van der Waals surface area contributed by atoms with Crippen LogP contribution in [0.2, 0.25) is 5.02 Å². The van der Waals surface area contributed by atoms with Gasteiger partial charge in [0.1, 0.15) is 11.5 Å². The quantitative estimate of drug-likeness (QED) is 0.501. The van der Waals surface area contributed by atoms with Crippen molar-refractivity contribution in [3.05, 3.63) is 51.8 Å². The van der Waals surface area contributed by atoms with Crippen molar-refractivity contribution in [1.82, 2.24) is 10.4 Å². The Kier molecular flexibility index (Phi) is 5.15. The van der Waals surface area contributed by atoms with Crippen molar-refractivity contribution in [3.63, 3.8) is 0 Å². The Balaban J connectivity index is 2.21. The number of hydrogen-bond acceptors (Lipinski definition) is 6. The number of pyridine rings is 1. The molecule has 1 heterocycles. The van der Waals surface area contributed by atoms with Gasteiger partial charge in [-0.25, -0.2) is 5.43 Å². The Bertz CT molecular complexity index is 778. The minimum atomic E-state index is -0.669. The fourth-order valence-electron chi connectivity index (χ4n) is 1.83. The average molecular weight is 336 g/mol. The SMILES string of the molecule is Cc1ncc(CO)c(/C=N/NC(=O)c2cc(Cl)ccc2O)c1O. The molecule has 23 heavy (non-hydrogen) atoms. The summed E-state index contributed by atoms with van der Waals surface area (Å²) in [6.07, 6.45) is 2.59. The van der Waals surface area contributed by atoms with Gasteiger partial charge in [0.25, 0.3) is 5.91 Å². The van der Waals surface area contributed by atoms with Crippen LogP contribution >= 0.6 is 11.6 Å². The molecule has 0 aliphatic rings. The lowest BCUT2D eigenvalue weighted by Gasteiger charge is -2.07. The van der Waals surface area contributed by atoms with Gasteiger partial charge in [-0.05, 0) is 25.1 Å². The number of rotatable bonds is 4. The minimum Gasteiger partial charge on any atom is -0.507 e. The highest BCUT2D eigenvalue weighted by Crippen LogP contribution is 2.22. The number of phenolic OH excluding ortho intramolecular Hbond substituents is 1. The molecule has 2 aromatic rings. The number of halogens is 1. The number of aromatic nitrogens is 1. The second-order valence-electron chi connectivity index (χ2n) is 4.65. The highest BCUT2D eigenvalue weighted by molar-refractivity contribution is 6.31. The van der Waals surface area contributed by atoms with Crippen LogP contribution in [0.4, 0.5) is 0 Å². The maximum atomic E-state index is 11.9. The van der Waals surface area contributed by atoms with E-state index < -0.39 is 5.91 Å². The summed E-state index contributed by atoms with van der Waals surface area (Å²) in [6.45, 7) is 1.25. The van der Waals surface area contributed by atoms with Crippen LogP contribution in [0, 0.1) is 6.92 Å². The van der Waals surface area contributed by atoms with Gasteiger partial charge in [0.2, 0.25) is 0 Å². The van der Waals surface area contributed by atoms with E-state index in [1.807, 2.05) is 0 Å². The van der Waals surface area contributed by atoms with Crippen molar-refractivity contribution in [1.29, 1.82) is 0 Å². The predicted octanol–water partition coefficient (Wildman–Crippen LogP) is 1.71. The minimum absolute atomic E-state index is 0.0350. The van der Waals surface area contributed by atoms with Gasteiger partial charge in [-0.1, -0.05) is 11.6 Å². The summed E-state index contributed by atoms with van der Waals surface area (Å²) in [5, 5.41) is 32.8. The Morgan fingerprint density at radius 1 is 1.43 bits per heavy atom. The second kappa shape index (κ2) is 7.08. The van der Waals surface area contributed by atoms with Crippen molar-refractivity contribution in [2.75, 3.05) is 0 Å². The molecule has 7 nitrogen and oxygen atoms in total. The number of aliphatic hydroxyl groups is 1. The molecule has 4 N–H and O–H groups in total. The predicted molar refractivity (Wildman–Crippen MR) is 84.7 cm³/mol. The number of aryl methyl sites for hydroxylation is 1. The summed E-state index contributed by atoms with van der Waals surface area (Å²) >= 11 is 5.77. The number of aliphatic hydroxyl groups excluding tert-OH is 1. The lowest BCUT2D eigenvalue weighted by molar-refractivity contribution is 0.0952. The van der Waals surface area contributed by atoms with Crippen LogP contribution in [0.1, 0.15) is 27.2 Å². The molecule has 0 aliphatic carbocycles. The molecular weight excluding hydrogens is 322 g/mol. The molecule has 1 amide bonds. The fourth-order valence-corrected chi connectivity index (χ4v) is 2.00. The summed E-state index contributed by atoms with van der Waals surface area (Å²) in [4.78, 5) is 15.9. The van der Waals surface area contributed by atoms with Gasteiger partial charge in [0, 0.05) is 22.3 Å². The maximum absolute atomic E-state index is 11.9. The zero-order chi connectivity index (χ0) is 17.0. The molecule has 1 aromatic carbocycles. The zero-order valence-electron chi connectivity index (χ0n) is 12.1. The topological polar surface area (TPSA) is 115 Å². The lowest BCUT2D eigenvalue weighted by Crippen LogP contribution is -2.18. The Hall–Kier alpha value is -2.64. The number of carbonyl (C=O) groups is 1. The number of benzene rings is 1. The highest BCUT2D eigenvalue weighted by atomic mass is 35.5. The van der Waals surface area contributed by atoms with Crippen LogP contribution < -0.4 is 5.43 Å². The van der Waals surface area contributed by atoms with Crippen LogP contribution in [-0.2, 0) is 6.61 Å². The molecule has 1 aromatic heterocycles. The van der Waals surface area contributed by atoms with E-state index in [4.69, 9.17) is 11.6 Å². The Morgan fingerprint density at radius 3 is 2.87 bits per heavy atom. The molecule has 0 saturated heterocycles. The molecule has 0 aliphatic heterocycles. The van der Waals surface area contributed by atoms with Crippen molar-refractivity contribution in [2.45, 2.75) is 13.5 Å². The largest absolute Gasteiger partial charge is 0.507 e. The van der Waals surface area contributed by atoms with Crippen LogP contribution in [0.15, 0.2) is 29.5 Å². The Morgan fingerprint density at radius 2 is 2.17 bits per heavy atom. The summed E-state index contributed by atoms with van der Waals surface area (Å²) in [5.74, 6) is -1.04. The molecule has 0 radical (unpaired) electrons.